The molecule has 0 aliphatic heterocycles. The van der Waals surface area contributed by atoms with Crippen molar-refractivity contribution in [3.63, 3.8) is 0 Å². The van der Waals surface area contributed by atoms with Crippen LogP contribution in [0.4, 0.5) is 0 Å². The van der Waals surface area contributed by atoms with Gasteiger partial charge in [-0.15, -0.1) is 0 Å². The fourth-order valence-corrected chi connectivity index (χ4v) is 5.72. The van der Waals surface area contributed by atoms with Crippen LogP contribution in [0.5, 0.6) is 0 Å². The highest BCUT2D eigenvalue weighted by Gasteiger charge is 2.23. The Bertz CT molecular complexity index is 485. The Morgan fingerprint density at radius 3 is 1.24 bits per heavy atom. The van der Waals surface area contributed by atoms with Crippen LogP contribution in [-0.4, -0.2) is 59.6 Å². The summed E-state index contributed by atoms with van der Waals surface area (Å²) in [6.45, 7) is 14.2. The minimum Gasteiger partial charge on any atom is -0.480 e. The molecule has 0 aliphatic carbocycles. The van der Waals surface area contributed by atoms with E-state index in [2.05, 4.69) is 37.5 Å². The molecule has 38 heavy (non-hydrogen) atoms. The Kier molecular flexibility index (Phi) is 28.9. The fourth-order valence-electron chi connectivity index (χ4n) is 5.72. The maximum Gasteiger partial charge on any atom is 0.320 e. The second-order valence-electron chi connectivity index (χ2n) is 11.8. The lowest BCUT2D eigenvalue weighted by Gasteiger charge is -2.28. The highest BCUT2D eigenvalue weighted by Crippen LogP contribution is 2.15. The molecule has 4 nitrogen and oxygen atoms in total. The van der Waals surface area contributed by atoms with Gasteiger partial charge in [-0.25, -0.2) is 0 Å². The van der Waals surface area contributed by atoms with Crippen molar-refractivity contribution in [2.24, 2.45) is 0 Å². The summed E-state index contributed by atoms with van der Waals surface area (Å²) in [6.07, 6.45) is 30.1. The summed E-state index contributed by atoms with van der Waals surface area (Å²) < 4.78 is 0. The van der Waals surface area contributed by atoms with Crippen molar-refractivity contribution in [2.45, 2.75) is 181 Å². The first kappa shape index (κ1) is 37.4. The summed E-state index contributed by atoms with van der Waals surface area (Å²) in [7, 11) is 0. The van der Waals surface area contributed by atoms with Crippen molar-refractivity contribution >= 4 is 5.97 Å². The molecule has 0 rings (SSSR count). The van der Waals surface area contributed by atoms with Gasteiger partial charge in [-0.2, -0.15) is 0 Å². The normalized spacial score (nSPS) is 12.6. The molecule has 0 heterocycles. The van der Waals surface area contributed by atoms with E-state index in [-0.39, 0.29) is 6.04 Å². The molecule has 0 fully saturated rings. The van der Waals surface area contributed by atoms with E-state index in [0.29, 0.717) is 0 Å². The zero-order chi connectivity index (χ0) is 28.1. The van der Waals surface area contributed by atoms with Crippen LogP contribution in [0.3, 0.4) is 0 Å². The fraction of sp³-hybridized carbons (Fsp3) is 0.971. The number of carboxylic acids is 1. The number of unbranched alkanes of at least 4 members (excludes halogenated alkanes) is 19. The van der Waals surface area contributed by atoms with Gasteiger partial charge in [0.15, 0.2) is 0 Å². The number of hydrogen-bond donors (Lipinski definition) is 1. The number of likely N-dealkylation sites (N-methyl/N-ethyl adjacent to an activating group) is 1. The molecule has 0 aromatic carbocycles. The molecule has 1 N–H and O–H groups in total. The molecule has 1 unspecified atom stereocenters. The molecule has 228 valence electrons. The minimum atomic E-state index is -0.628. The van der Waals surface area contributed by atoms with Gasteiger partial charge in [-0.1, -0.05) is 150 Å². The van der Waals surface area contributed by atoms with Crippen LogP contribution in [0.15, 0.2) is 0 Å². The van der Waals surface area contributed by atoms with Gasteiger partial charge in [0.2, 0.25) is 0 Å². The molecule has 1 atom stereocenters. The number of carboxylic acid groups (broad SMARTS) is 1. The van der Waals surface area contributed by atoms with Gasteiger partial charge >= 0.3 is 5.97 Å². The lowest BCUT2D eigenvalue weighted by molar-refractivity contribution is -0.143. The van der Waals surface area contributed by atoms with Crippen molar-refractivity contribution in [1.29, 1.82) is 0 Å². The van der Waals surface area contributed by atoms with Crippen molar-refractivity contribution in [1.82, 2.24) is 9.80 Å². The first-order chi connectivity index (χ1) is 18.6. The third kappa shape index (κ3) is 23.3. The van der Waals surface area contributed by atoms with Crippen molar-refractivity contribution in [2.75, 3.05) is 32.7 Å². The van der Waals surface area contributed by atoms with E-state index >= 15 is 0 Å². The molecule has 0 saturated heterocycles. The standard InChI is InChI=1S/C34H70N2O2/c1-5-9-11-13-15-17-19-21-23-26-30-35(7-3)31-28-25-29-33(34(37)38)36(8-4)32-27-24-22-20-18-16-14-12-10-6-2/h33H,5-32H2,1-4H3,(H,37,38). The molecule has 0 radical (unpaired) electrons. The van der Waals surface area contributed by atoms with Gasteiger partial charge in [-0.3, -0.25) is 9.69 Å². The monoisotopic (exact) mass is 539 g/mol. The van der Waals surface area contributed by atoms with E-state index in [1.54, 1.807) is 0 Å². The van der Waals surface area contributed by atoms with E-state index in [9.17, 15) is 9.90 Å². The summed E-state index contributed by atoms with van der Waals surface area (Å²) in [5, 5.41) is 9.90. The number of aliphatic carboxylic acids is 1. The Hall–Kier alpha value is -0.610. The largest absolute Gasteiger partial charge is 0.480 e. The van der Waals surface area contributed by atoms with Gasteiger partial charge in [0, 0.05) is 0 Å². The van der Waals surface area contributed by atoms with Gasteiger partial charge in [0.05, 0.1) is 0 Å². The summed E-state index contributed by atoms with van der Waals surface area (Å²) in [4.78, 5) is 16.8. The van der Waals surface area contributed by atoms with Gasteiger partial charge in [0.1, 0.15) is 6.04 Å². The maximum absolute atomic E-state index is 12.0. The summed E-state index contributed by atoms with van der Waals surface area (Å²) in [6, 6.07) is -0.310. The molecule has 0 aromatic heterocycles. The van der Waals surface area contributed by atoms with Crippen molar-refractivity contribution in [3.8, 4) is 0 Å². The maximum atomic E-state index is 12.0. The zero-order valence-corrected chi connectivity index (χ0v) is 26.6. The SMILES string of the molecule is CCCCCCCCCCCCN(CC)CCCCC(C(=O)O)N(CC)CCCCCCCCCCCC. The molecule has 0 spiro atoms. The first-order valence-electron chi connectivity index (χ1n) is 17.3. The quantitative estimate of drug-likeness (QED) is 0.0892. The van der Waals surface area contributed by atoms with E-state index in [1.165, 1.54) is 129 Å². The highest BCUT2D eigenvalue weighted by molar-refractivity contribution is 5.73. The average molecular weight is 539 g/mol. The smallest absolute Gasteiger partial charge is 0.320 e. The average Bonchev–Trinajstić information content (AvgIpc) is 2.92. The van der Waals surface area contributed by atoms with Crippen LogP contribution in [0.2, 0.25) is 0 Å². The molecular weight excluding hydrogens is 468 g/mol. The summed E-state index contributed by atoms with van der Waals surface area (Å²) in [5.41, 5.74) is 0. The highest BCUT2D eigenvalue weighted by atomic mass is 16.4. The second-order valence-corrected chi connectivity index (χ2v) is 11.8. The number of rotatable bonds is 31. The lowest BCUT2D eigenvalue weighted by Crippen LogP contribution is -2.41. The summed E-state index contributed by atoms with van der Waals surface area (Å²) >= 11 is 0. The van der Waals surface area contributed by atoms with E-state index in [1.807, 2.05) is 0 Å². The van der Waals surface area contributed by atoms with Crippen LogP contribution < -0.4 is 0 Å². The van der Waals surface area contributed by atoms with E-state index in [4.69, 9.17) is 0 Å². The predicted molar refractivity (Wildman–Crippen MR) is 168 cm³/mol. The third-order valence-electron chi connectivity index (χ3n) is 8.41. The van der Waals surface area contributed by atoms with Gasteiger partial charge in [0.25, 0.3) is 0 Å². The Morgan fingerprint density at radius 2 is 0.868 bits per heavy atom. The number of nitrogens with zero attached hydrogens (tertiary/aromatic N) is 2. The molecule has 0 saturated carbocycles. The first-order valence-corrected chi connectivity index (χ1v) is 17.3. The van der Waals surface area contributed by atoms with Crippen molar-refractivity contribution < 1.29 is 9.90 Å². The van der Waals surface area contributed by atoms with Crippen LogP contribution in [0.1, 0.15) is 175 Å². The van der Waals surface area contributed by atoms with Crippen LogP contribution in [-0.2, 0) is 4.79 Å². The van der Waals surface area contributed by atoms with E-state index < -0.39 is 5.97 Å². The zero-order valence-electron chi connectivity index (χ0n) is 26.6. The van der Waals surface area contributed by atoms with Crippen LogP contribution in [0, 0.1) is 0 Å². The lowest BCUT2D eigenvalue weighted by atomic mass is 10.0. The number of hydrogen-bond acceptors (Lipinski definition) is 3. The molecular formula is C34H70N2O2. The Labute approximate surface area is 239 Å². The Balaban J connectivity index is 3.94. The van der Waals surface area contributed by atoms with Crippen LogP contribution >= 0.6 is 0 Å². The molecule has 0 aromatic rings. The van der Waals surface area contributed by atoms with Crippen LogP contribution in [0.25, 0.3) is 0 Å². The van der Waals surface area contributed by atoms with Gasteiger partial charge < -0.3 is 10.0 Å². The van der Waals surface area contributed by atoms with Crippen molar-refractivity contribution in [3.05, 3.63) is 0 Å². The molecule has 4 heteroatoms. The summed E-state index contributed by atoms with van der Waals surface area (Å²) in [5.74, 6) is -0.628. The minimum absolute atomic E-state index is 0.310. The van der Waals surface area contributed by atoms with E-state index in [0.717, 1.165) is 51.9 Å². The number of carbonyl (C=O) groups is 1. The molecule has 0 bridgehead atoms. The predicted octanol–water partition coefficient (Wildman–Crippen LogP) is 10.1. The Morgan fingerprint density at radius 1 is 0.500 bits per heavy atom. The second kappa shape index (κ2) is 29.4. The molecule has 0 amide bonds. The van der Waals surface area contributed by atoms with Gasteiger partial charge in [-0.05, 0) is 58.4 Å². The molecule has 0 aliphatic rings. The third-order valence-corrected chi connectivity index (χ3v) is 8.41. The topological polar surface area (TPSA) is 43.8 Å².